The van der Waals surface area contributed by atoms with E-state index in [9.17, 15) is 15.0 Å². The van der Waals surface area contributed by atoms with Crippen LogP contribution in [0, 0.1) is 5.92 Å². The first kappa shape index (κ1) is 20.3. The molecule has 0 rings (SSSR count). The Morgan fingerprint density at radius 2 is 1.71 bits per heavy atom. The fourth-order valence-corrected chi connectivity index (χ4v) is 2.30. The molecule has 0 spiro atoms. The fourth-order valence-electron chi connectivity index (χ4n) is 2.30. The average molecular weight is 304 g/mol. The lowest BCUT2D eigenvalue weighted by molar-refractivity contribution is -0.157. The van der Waals surface area contributed by atoms with E-state index in [1.165, 1.54) is 0 Å². The zero-order valence-corrected chi connectivity index (χ0v) is 13.5. The van der Waals surface area contributed by atoms with Gasteiger partial charge in [0.1, 0.15) is 0 Å². The van der Waals surface area contributed by atoms with E-state index in [2.05, 4.69) is 6.92 Å². The third-order valence-electron chi connectivity index (χ3n) is 3.61. The van der Waals surface area contributed by atoms with Crippen molar-refractivity contribution in [3.8, 4) is 0 Å². The molecule has 126 valence electrons. The number of aliphatic hydroxyl groups is 3. The number of carbonyl (C=O) groups excluding carboxylic acids is 1. The van der Waals surface area contributed by atoms with Gasteiger partial charge in [0.2, 0.25) is 0 Å². The van der Waals surface area contributed by atoms with E-state index in [-0.39, 0.29) is 13.2 Å². The number of hydrogen-bond donors (Lipinski definition) is 3. The Balaban J connectivity index is 4.47. The molecule has 0 aromatic rings. The predicted molar refractivity (Wildman–Crippen MR) is 81.8 cm³/mol. The molecule has 5 nitrogen and oxygen atoms in total. The lowest BCUT2D eigenvalue weighted by Crippen LogP contribution is -2.39. The highest BCUT2D eigenvalue weighted by molar-refractivity contribution is 5.73. The molecule has 0 amide bonds. The Kier molecular flexibility index (Phi) is 12.6. The van der Waals surface area contributed by atoms with Crippen LogP contribution in [0.2, 0.25) is 0 Å². The monoisotopic (exact) mass is 304 g/mol. The van der Waals surface area contributed by atoms with E-state index in [1.807, 2.05) is 6.92 Å². The van der Waals surface area contributed by atoms with Crippen LogP contribution in [-0.2, 0) is 9.53 Å². The second-order valence-corrected chi connectivity index (χ2v) is 5.55. The van der Waals surface area contributed by atoms with Gasteiger partial charge in [-0.05, 0) is 12.8 Å². The highest BCUT2D eigenvalue weighted by Gasteiger charge is 2.32. The number of carbonyl (C=O) groups is 1. The van der Waals surface area contributed by atoms with Gasteiger partial charge in [-0.1, -0.05) is 46.0 Å². The second-order valence-electron chi connectivity index (χ2n) is 5.55. The Hall–Kier alpha value is -0.650. The van der Waals surface area contributed by atoms with E-state index < -0.39 is 24.1 Å². The van der Waals surface area contributed by atoms with Crippen LogP contribution in [-0.4, -0.2) is 46.7 Å². The highest BCUT2D eigenvalue weighted by atomic mass is 16.5. The number of hydrogen-bond acceptors (Lipinski definition) is 5. The van der Waals surface area contributed by atoms with Crippen molar-refractivity contribution in [1.29, 1.82) is 0 Å². The molecule has 0 bridgehead atoms. The van der Waals surface area contributed by atoms with Gasteiger partial charge in [-0.2, -0.15) is 0 Å². The molecular weight excluding hydrogens is 272 g/mol. The van der Waals surface area contributed by atoms with Crippen LogP contribution >= 0.6 is 0 Å². The molecule has 0 saturated heterocycles. The number of rotatable bonds is 13. The van der Waals surface area contributed by atoms with E-state index in [1.54, 1.807) is 0 Å². The zero-order chi connectivity index (χ0) is 16.1. The van der Waals surface area contributed by atoms with Crippen LogP contribution in [0.3, 0.4) is 0 Å². The van der Waals surface area contributed by atoms with Crippen molar-refractivity contribution in [3.63, 3.8) is 0 Å². The van der Waals surface area contributed by atoms with E-state index in [0.717, 1.165) is 32.1 Å². The SMILES string of the molecule is CCCCCCC(C(=O)OCCCO)C(O)C(O)CCC. The predicted octanol–water partition coefficient (Wildman–Crippen LogP) is 2.02. The molecule has 0 fully saturated rings. The minimum Gasteiger partial charge on any atom is -0.465 e. The van der Waals surface area contributed by atoms with Crippen molar-refractivity contribution < 1.29 is 24.9 Å². The Bertz CT molecular complexity index is 257. The van der Waals surface area contributed by atoms with Crippen LogP contribution in [0.4, 0.5) is 0 Å². The molecule has 0 saturated carbocycles. The molecule has 0 aromatic carbocycles. The molecule has 0 heterocycles. The normalized spacial score (nSPS) is 15.5. The molecule has 0 aliphatic rings. The Morgan fingerprint density at radius 1 is 1.00 bits per heavy atom. The summed E-state index contributed by atoms with van der Waals surface area (Å²) >= 11 is 0. The topological polar surface area (TPSA) is 87.0 Å². The zero-order valence-electron chi connectivity index (χ0n) is 13.5. The van der Waals surface area contributed by atoms with Crippen molar-refractivity contribution in [2.75, 3.05) is 13.2 Å². The number of esters is 1. The number of unbranched alkanes of at least 4 members (excludes halogenated alkanes) is 3. The van der Waals surface area contributed by atoms with Crippen molar-refractivity contribution in [1.82, 2.24) is 0 Å². The van der Waals surface area contributed by atoms with Crippen molar-refractivity contribution in [2.24, 2.45) is 5.92 Å². The van der Waals surface area contributed by atoms with Crippen LogP contribution < -0.4 is 0 Å². The second kappa shape index (κ2) is 13.0. The third kappa shape index (κ3) is 9.06. The smallest absolute Gasteiger partial charge is 0.311 e. The quantitative estimate of drug-likeness (QED) is 0.358. The number of ether oxygens (including phenoxy) is 1. The van der Waals surface area contributed by atoms with Crippen LogP contribution in [0.1, 0.15) is 65.2 Å². The minimum absolute atomic E-state index is 0.0323. The molecule has 0 aliphatic carbocycles. The van der Waals surface area contributed by atoms with Crippen molar-refractivity contribution in [3.05, 3.63) is 0 Å². The lowest BCUT2D eigenvalue weighted by Gasteiger charge is -2.25. The molecule has 3 unspecified atom stereocenters. The first-order chi connectivity index (χ1) is 10.1. The van der Waals surface area contributed by atoms with Gasteiger partial charge in [0, 0.05) is 13.0 Å². The third-order valence-corrected chi connectivity index (χ3v) is 3.61. The first-order valence-corrected chi connectivity index (χ1v) is 8.22. The van der Waals surface area contributed by atoms with Crippen LogP contribution in [0.15, 0.2) is 0 Å². The highest BCUT2D eigenvalue weighted by Crippen LogP contribution is 2.21. The van der Waals surface area contributed by atoms with Crippen LogP contribution in [0.5, 0.6) is 0 Å². The van der Waals surface area contributed by atoms with Gasteiger partial charge in [-0.15, -0.1) is 0 Å². The van der Waals surface area contributed by atoms with Crippen molar-refractivity contribution >= 4 is 5.97 Å². The molecule has 3 N–H and O–H groups in total. The summed E-state index contributed by atoms with van der Waals surface area (Å²) in [6, 6.07) is 0. The van der Waals surface area contributed by atoms with Gasteiger partial charge in [0.15, 0.2) is 0 Å². The summed E-state index contributed by atoms with van der Waals surface area (Å²) in [5.74, 6) is -1.15. The maximum absolute atomic E-state index is 12.1. The first-order valence-electron chi connectivity index (χ1n) is 8.22. The van der Waals surface area contributed by atoms with Gasteiger partial charge < -0.3 is 20.1 Å². The van der Waals surface area contributed by atoms with Crippen LogP contribution in [0.25, 0.3) is 0 Å². The Morgan fingerprint density at radius 3 is 2.29 bits per heavy atom. The fraction of sp³-hybridized carbons (Fsp3) is 0.938. The maximum Gasteiger partial charge on any atom is 0.311 e. The van der Waals surface area contributed by atoms with Gasteiger partial charge >= 0.3 is 5.97 Å². The average Bonchev–Trinajstić information content (AvgIpc) is 2.47. The van der Waals surface area contributed by atoms with E-state index in [4.69, 9.17) is 9.84 Å². The summed E-state index contributed by atoms with van der Waals surface area (Å²) in [4.78, 5) is 12.1. The molecule has 0 radical (unpaired) electrons. The molecule has 3 atom stereocenters. The molecule has 0 aliphatic heterocycles. The number of aliphatic hydroxyl groups excluding tert-OH is 3. The van der Waals surface area contributed by atoms with Gasteiger partial charge in [-0.3, -0.25) is 4.79 Å². The Labute approximate surface area is 128 Å². The summed E-state index contributed by atoms with van der Waals surface area (Å²) in [5.41, 5.74) is 0. The molecular formula is C16H32O5. The summed E-state index contributed by atoms with van der Waals surface area (Å²) in [6.45, 7) is 4.15. The van der Waals surface area contributed by atoms with E-state index >= 15 is 0 Å². The van der Waals surface area contributed by atoms with Crippen molar-refractivity contribution in [2.45, 2.75) is 77.4 Å². The van der Waals surface area contributed by atoms with Gasteiger partial charge in [0.25, 0.3) is 0 Å². The lowest BCUT2D eigenvalue weighted by atomic mass is 9.90. The summed E-state index contributed by atoms with van der Waals surface area (Å²) in [6.07, 6.45) is 4.21. The largest absolute Gasteiger partial charge is 0.465 e. The summed E-state index contributed by atoms with van der Waals surface area (Å²) < 4.78 is 5.08. The van der Waals surface area contributed by atoms with E-state index in [0.29, 0.717) is 19.3 Å². The molecule has 21 heavy (non-hydrogen) atoms. The molecule has 0 aromatic heterocycles. The summed E-state index contributed by atoms with van der Waals surface area (Å²) in [5, 5.41) is 28.8. The van der Waals surface area contributed by atoms with Gasteiger partial charge in [0.05, 0.1) is 24.7 Å². The summed E-state index contributed by atoms with van der Waals surface area (Å²) in [7, 11) is 0. The standard InChI is InChI=1S/C16H32O5/c1-3-5-6-7-10-13(15(19)14(18)9-4-2)16(20)21-12-8-11-17/h13-15,17-19H,3-12H2,1-2H3. The molecule has 5 heteroatoms. The maximum atomic E-state index is 12.1. The van der Waals surface area contributed by atoms with Gasteiger partial charge in [-0.25, -0.2) is 0 Å². The minimum atomic E-state index is -1.08.